The molecule has 0 radical (unpaired) electrons. The molecule has 90 valence electrons. The monoisotopic (exact) mass is 243 g/mol. The van der Waals surface area contributed by atoms with Gasteiger partial charge in [-0.15, -0.1) is 0 Å². The summed E-state index contributed by atoms with van der Waals surface area (Å²) in [5, 5.41) is 3.01. The van der Waals surface area contributed by atoms with Crippen LogP contribution in [0.15, 0.2) is 23.1 Å². The van der Waals surface area contributed by atoms with Crippen LogP contribution in [0, 0.1) is 0 Å². The Labute approximate surface area is 96.1 Å². The Balaban J connectivity index is 3.12. The first-order valence-electron chi connectivity index (χ1n) is 5.14. The molecule has 0 atom stereocenters. The molecule has 0 aliphatic carbocycles. The van der Waals surface area contributed by atoms with Crippen molar-refractivity contribution >= 4 is 21.4 Å². The standard InChI is InChI=1S/C10H17N3O2S/c1-3-12-10-7-8(5-6-9(10)11)16(14,15)13-4-2/h5-7,12-13H,3-4,11H2,1-2H3. The Bertz CT molecular complexity index is 457. The van der Waals surface area contributed by atoms with E-state index in [-0.39, 0.29) is 4.90 Å². The van der Waals surface area contributed by atoms with Gasteiger partial charge in [0.2, 0.25) is 10.0 Å². The fourth-order valence-electron chi connectivity index (χ4n) is 1.32. The number of nitrogen functional groups attached to an aromatic ring is 1. The molecule has 1 aromatic rings. The minimum absolute atomic E-state index is 0.222. The first kappa shape index (κ1) is 12.8. The third kappa shape index (κ3) is 2.86. The molecule has 0 spiro atoms. The summed E-state index contributed by atoms with van der Waals surface area (Å²) in [6.45, 7) is 4.71. The van der Waals surface area contributed by atoms with Gasteiger partial charge in [0.25, 0.3) is 0 Å². The van der Waals surface area contributed by atoms with Crippen molar-refractivity contribution < 1.29 is 8.42 Å². The lowest BCUT2D eigenvalue weighted by atomic mass is 10.2. The first-order chi connectivity index (χ1) is 7.51. The van der Waals surface area contributed by atoms with E-state index in [1.807, 2.05) is 6.92 Å². The van der Waals surface area contributed by atoms with E-state index in [0.29, 0.717) is 24.5 Å². The predicted octanol–water partition coefficient (Wildman–Crippen LogP) is 0.999. The van der Waals surface area contributed by atoms with Crippen LogP contribution in [0.4, 0.5) is 11.4 Å². The van der Waals surface area contributed by atoms with Crippen LogP contribution in [0.1, 0.15) is 13.8 Å². The summed E-state index contributed by atoms with van der Waals surface area (Å²) in [7, 11) is -3.41. The molecule has 0 heterocycles. The van der Waals surface area contributed by atoms with Gasteiger partial charge >= 0.3 is 0 Å². The normalized spacial score (nSPS) is 11.4. The Kier molecular flexibility index (Phi) is 4.14. The molecular weight excluding hydrogens is 226 g/mol. The van der Waals surface area contributed by atoms with Crippen LogP contribution in [0.5, 0.6) is 0 Å². The Morgan fingerprint density at radius 1 is 1.25 bits per heavy atom. The summed E-state index contributed by atoms with van der Waals surface area (Å²) in [5.41, 5.74) is 6.89. The Morgan fingerprint density at radius 2 is 1.94 bits per heavy atom. The van der Waals surface area contributed by atoms with Gasteiger partial charge in [0, 0.05) is 13.1 Å². The van der Waals surface area contributed by atoms with Crippen molar-refractivity contribution in [2.45, 2.75) is 18.7 Å². The van der Waals surface area contributed by atoms with Crippen molar-refractivity contribution in [2.75, 3.05) is 24.1 Å². The first-order valence-corrected chi connectivity index (χ1v) is 6.62. The molecule has 0 amide bonds. The van der Waals surface area contributed by atoms with Crippen LogP contribution in [-0.2, 0) is 10.0 Å². The van der Waals surface area contributed by atoms with Gasteiger partial charge in [-0.3, -0.25) is 0 Å². The number of benzene rings is 1. The Morgan fingerprint density at radius 3 is 2.50 bits per heavy atom. The van der Waals surface area contributed by atoms with Crippen molar-refractivity contribution in [1.82, 2.24) is 4.72 Å². The lowest BCUT2D eigenvalue weighted by Gasteiger charge is -2.10. The fourth-order valence-corrected chi connectivity index (χ4v) is 2.39. The molecule has 5 nitrogen and oxygen atoms in total. The smallest absolute Gasteiger partial charge is 0.240 e. The third-order valence-electron chi connectivity index (χ3n) is 2.04. The molecule has 1 aromatic carbocycles. The van der Waals surface area contributed by atoms with Crippen LogP contribution in [-0.4, -0.2) is 21.5 Å². The van der Waals surface area contributed by atoms with Crippen LogP contribution in [0.25, 0.3) is 0 Å². The summed E-state index contributed by atoms with van der Waals surface area (Å²) >= 11 is 0. The second-order valence-corrected chi connectivity index (χ2v) is 5.05. The molecule has 16 heavy (non-hydrogen) atoms. The number of nitrogens with two attached hydrogens (primary N) is 1. The highest BCUT2D eigenvalue weighted by Gasteiger charge is 2.13. The van der Waals surface area contributed by atoms with Gasteiger partial charge in [-0.25, -0.2) is 13.1 Å². The molecular formula is C10H17N3O2S. The minimum Gasteiger partial charge on any atom is -0.397 e. The molecule has 4 N–H and O–H groups in total. The van der Waals surface area contributed by atoms with Gasteiger partial charge < -0.3 is 11.1 Å². The van der Waals surface area contributed by atoms with Gasteiger partial charge in [-0.1, -0.05) is 6.92 Å². The third-order valence-corrected chi connectivity index (χ3v) is 3.58. The van der Waals surface area contributed by atoms with E-state index in [1.165, 1.54) is 12.1 Å². The Hall–Kier alpha value is -1.27. The molecule has 6 heteroatoms. The second-order valence-electron chi connectivity index (χ2n) is 3.28. The predicted molar refractivity (Wildman–Crippen MR) is 65.9 cm³/mol. The van der Waals surface area contributed by atoms with Crippen molar-refractivity contribution in [3.63, 3.8) is 0 Å². The number of anilines is 2. The molecule has 0 fully saturated rings. The average Bonchev–Trinajstić information content (AvgIpc) is 2.21. The van der Waals surface area contributed by atoms with E-state index in [1.54, 1.807) is 13.0 Å². The summed E-state index contributed by atoms with van der Waals surface area (Å²) in [4.78, 5) is 0.222. The largest absolute Gasteiger partial charge is 0.397 e. The number of sulfonamides is 1. The molecule has 0 aliphatic rings. The quantitative estimate of drug-likeness (QED) is 0.674. The number of nitrogens with one attached hydrogen (secondary N) is 2. The van der Waals surface area contributed by atoms with E-state index >= 15 is 0 Å². The molecule has 0 unspecified atom stereocenters. The molecule has 0 saturated heterocycles. The maximum absolute atomic E-state index is 11.7. The van der Waals surface area contributed by atoms with Crippen molar-refractivity contribution in [2.24, 2.45) is 0 Å². The van der Waals surface area contributed by atoms with Crippen molar-refractivity contribution in [3.8, 4) is 0 Å². The summed E-state index contributed by atoms with van der Waals surface area (Å²) in [5.74, 6) is 0. The average molecular weight is 243 g/mol. The van der Waals surface area contributed by atoms with E-state index in [4.69, 9.17) is 5.73 Å². The molecule has 0 aliphatic heterocycles. The maximum atomic E-state index is 11.7. The second kappa shape index (κ2) is 5.18. The van der Waals surface area contributed by atoms with E-state index in [2.05, 4.69) is 10.0 Å². The highest BCUT2D eigenvalue weighted by Crippen LogP contribution is 2.22. The van der Waals surface area contributed by atoms with Crippen molar-refractivity contribution in [3.05, 3.63) is 18.2 Å². The highest BCUT2D eigenvalue weighted by molar-refractivity contribution is 7.89. The van der Waals surface area contributed by atoms with Gasteiger partial charge in [0.15, 0.2) is 0 Å². The zero-order chi connectivity index (χ0) is 12.2. The van der Waals surface area contributed by atoms with Gasteiger partial charge in [0.05, 0.1) is 16.3 Å². The van der Waals surface area contributed by atoms with Crippen LogP contribution in [0.3, 0.4) is 0 Å². The topological polar surface area (TPSA) is 84.2 Å². The lowest BCUT2D eigenvalue weighted by Crippen LogP contribution is -2.23. The van der Waals surface area contributed by atoms with E-state index < -0.39 is 10.0 Å². The molecule has 1 rings (SSSR count). The lowest BCUT2D eigenvalue weighted by molar-refractivity contribution is 0.584. The van der Waals surface area contributed by atoms with Gasteiger partial charge in [-0.05, 0) is 25.1 Å². The maximum Gasteiger partial charge on any atom is 0.240 e. The van der Waals surface area contributed by atoms with Gasteiger partial charge in [-0.2, -0.15) is 0 Å². The van der Waals surface area contributed by atoms with Crippen LogP contribution >= 0.6 is 0 Å². The summed E-state index contributed by atoms with van der Waals surface area (Å²) < 4.78 is 25.9. The van der Waals surface area contributed by atoms with E-state index in [9.17, 15) is 8.42 Å². The van der Waals surface area contributed by atoms with Gasteiger partial charge in [0.1, 0.15) is 0 Å². The SMILES string of the molecule is CCNc1cc(S(=O)(=O)NCC)ccc1N. The zero-order valence-electron chi connectivity index (χ0n) is 9.45. The van der Waals surface area contributed by atoms with E-state index in [0.717, 1.165) is 0 Å². The number of hydrogen-bond acceptors (Lipinski definition) is 4. The van der Waals surface area contributed by atoms with Crippen molar-refractivity contribution in [1.29, 1.82) is 0 Å². The van der Waals surface area contributed by atoms with Crippen LogP contribution < -0.4 is 15.8 Å². The fraction of sp³-hybridized carbons (Fsp3) is 0.400. The molecule has 0 aromatic heterocycles. The molecule has 0 bridgehead atoms. The minimum atomic E-state index is -3.41. The number of rotatable bonds is 5. The summed E-state index contributed by atoms with van der Waals surface area (Å²) in [6.07, 6.45) is 0. The number of hydrogen-bond donors (Lipinski definition) is 3. The summed E-state index contributed by atoms with van der Waals surface area (Å²) in [6, 6.07) is 4.62. The highest BCUT2D eigenvalue weighted by atomic mass is 32.2. The van der Waals surface area contributed by atoms with Crippen LogP contribution in [0.2, 0.25) is 0 Å². The molecule has 0 saturated carbocycles. The zero-order valence-corrected chi connectivity index (χ0v) is 10.3.